The highest BCUT2D eigenvalue weighted by molar-refractivity contribution is 7.12. The Bertz CT molecular complexity index is 516. The summed E-state index contributed by atoms with van der Waals surface area (Å²) in [6.45, 7) is -2.82. The van der Waals surface area contributed by atoms with E-state index in [1.807, 2.05) is 0 Å². The van der Waals surface area contributed by atoms with Crippen molar-refractivity contribution < 1.29 is 28.2 Å². The number of aliphatic hydroxyl groups excluding tert-OH is 2. The van der Waals surface area contributed by atoms with Crippen molar-refractivity contribution in [1.29, 1.82) is 0 Å². The molecule has 0 aliphatic rings. The van der Waals surface area contributed by atoms with Gasteiger partial charge in [0.1, 0.15) is 18.0 Å². The molecule has 0 saturated heterocycles. The summed E-state index contributed by atoms with van der Waals surface area (Å²) in [5.41, 5.74) is 0.263. The Morgan fingerprint density at radius 1 is 1.40 bits per heavy atom. The van der Waals surface area contributed by atoms with Crippen LogP contribution in [-0.4, -0.2) is 53.5 Å². The molecular formula is C12H12F3NO3S. The lowest BCUT2D eigenvalue weighted by atomic mass is 10.2. The Morgan fingerprint density at radius 2 is 2.10 bits per heavy atom. The summed E-state index contributed by atoms with van der Waals surface area (Å²) >= 11 is 0.964. The predicted molar refractivity (Wildman–Crippen MR) is 67.3 cm³/mol. The number of nitrogens with zero attached hydrogens (tertiary/aromatic N) is 1. The third kappa shape index (κ3) is 4.85. The van der Waals surface area contributed by atoms with E-state index in [4.69, 9.17) is 10.2 Å². The number of thiophene rings is 1. The molecule has 0 aromatic carbocycles. The van der Waals surface area contributed by atoms with Crippen LogP contribution in [0.4, 0.5) is 13.2 Å². The van der Waals surface area contributed by atoms with Crippen LogP contribution >= 0.6 is 11.3 Å². The molecule has 4 nitrogen and oxygen atoms in total. The van der Waals surface area contributed by atoms with E-state index in [-0.39, 0.29) is 10.4 Å². The fraction of sp³-hybridized carbons (Fsp3) is 0.417. The van der Waals surface area contributed by atoms with E-state index in [2.05, 4.69) is 11.8 Å². The molecule has 110 valence electrons. The third-order valence-electron chi connectivity index (χ3n) is 2.19. The van der Waals surface area contributed by atoms with Crippen molar-refractivity contribution in [2.24, 2.45) is 0 Å². The summed E-state index contributed by atoms with van der Waals surface area (Å²) in [4.78, 5) is 12.6. The number of carbonyl (C=O) groups excluding carboxylic acids is 1. The normalized spacial score (nSPS) is 10.8. The van der Waals surface area contributed by atoms with Crippen LogP contribution in [0.2, 0.25) is 0 Å². The van der Waals surface area contributed by atoms with Crippen molar-refractivity contribution in [1.82, 2.24) is 4.90 Å². The molecule has 0 spiro atoms. The van der Waals surface area contributed by atoms with Crippen LogP contribution in [0.1, 0.15) is 15.2 Å². The zero-order valence-corrected chi connectivity index (χ0v) is 11.1. The molecule has 1 heterocycles. The lowest BCUT2D eigenvalue weighted by molar-refractivity contribution is -0.141. The zero-order chi connectivity index (χ0) is 15.2. The van der Waals surface area contributed by atoms with Crippen molar-refractivity contribution >= 4 is 17.2 Å². The Labute approximate surface area is 117 Å². The summed E-state index contributed by atoms with van der Waals surface area (Å²) < 4.78 is 37.2. The first-order chi connectivity index (χ1) is 9.39. The fourth-order valence-electron chi connectivity index (χ4n) is 1.44. The largest absolute Gasteiger partial charge is 0.406 e. The van der Waals surface area contributed by atoms with Gasteiger partial charge in [0.2, 0.25) is 0 Å². The van der Waals surface area contributed by atoms with Gasteiger partial charge in [-0.15, -0.1) is 11.3 Å². The van der Waals surface area contributed by atoms with Gasteiger partial charge in [-0.2, -0.15) is 13.2 Å². The molecule has 0 aliphatic carbocycles. The second-order valence-corrected chi connectivity index (χ2v) is 4.60. The average molecular weight is 307 g/mol. The van der Waals surface area contributed by atoms with Crippen LogP contribution in [0.3, 0.4) is 0 Å². The molecule has 0 unspecified atom stereocenters. The van der Waals surface area contributed by atoms with Crippen LogP contribution in [-0.2, 0) is 0 Å². The van der Waals surface area contributed by atoms with Gasteiger partial charge in [-0.05, 0) is 11.4 Å². The highest BCUT2D eigenvalue weighted by atomic mass is 32.1. The molecule has 1 aromatic heterocycles. The van der Waals surface area contributed by atoms with Crippen molar-refractivity contribution in [2.45, 2.75) is 6.18 Å². The maximum absolute atomic E-state index is 12.4. The Hall–Kier alpha value is -1.56. The quantitative estimate of drug-likeness (QED) is 0.819. The van der Waals surface area contributed by atoms with Crippen molar-refractivity contribution in [2.75, 3.05) is 26.3 Å². The Balaban J connectivity index is 2.98. The minimum atomic E-state index is -4.54. The fourth-order valence-corrected chi connectivity index (χ4v) is 2.26. The number of aliphatic hydroxyl groups is 2. The molecule has 20 heavy (non-hydrogen) atoms. The van der Waals surface area contributed by atoms with E-state index in [9.17, 15) is 18.0 Å². The first kappa shape index (κ1) is 16.5. The van der Waals surface area contributed by atoms with Gasteiger partial charge in [-0.25, -0.2) is 0 Å². The first-order valence-corrected chi connectivity index (χ1v) is 6.41. The van der Waals surface area contributed by atoms with Gasteiger partial charge in [-0.3, -0.25) is 4.79 Å². The summed E-state index contributed by atoms with van der Waals surface area (Å²) in [6.07, 6.45) is -4.54. The van der Waals surface area contributed by atoms with E-state index in [0.29, 0.717) is 4.90 Å². The number of halogens is 3. The number of rotatable bonds is 4. The summed E-state index contributed by atoms with van der Waals surface area (Å²) in [7, 11) is 0. The van der Waals surface area contributed by atoms with E-state index >= 15 is 0 Å². The van der Waals surface area contributed by atoms with Crippen molar-refractivity contribution in [3.05, 3.63) is 21.9 Å². The number of hydrogen-bond acceptors (Lipinski definition) is 4. The maximum atomic E-state index is 12.4. The van der Waals surface area contributed by atoms with Gasteiger partial charge in [0.05, 0.1) is 6.61 Å². The zero-order valence-electron chi connectivity index (χ0n) is 10.3. The minimum absolute atomic E-state index is 0.0589. The van der Waals surface area contributed by atoms with E-state index in [0.717, 1.165) is 11.3 Å². The molecule has 1 amide bonds. The molecule has 0 aliphatic heterocycles. The molecule has 8 heteroatoms. The highest BCUT2D eigenvalue weighted by Gasteiger charge is 2.33. The topological polar surface area (TPSA) is 60.8 Å². The molecule has 0 radical (unpaired) electrons. The number of carbonyl (C=O) groups is 1. The summed E-state index contributed by atoms with van der Waals surface area (Å²) in [5.74, 6) is 4.00. The standard InChI is InChI=1S/C12H12F3NO3S/c13-12(14,15)8-16(4-6-18)11(19)10-9(2-1-5-17)3-7-20-10/h3,7,17-18H,4-6,8H2. The maximum Gasteiger partial charge on any atom is 0.406 e. The molecule has 0 atom stereocenters. The van der Waals surface area contributed by atoms with Crippen LogP contribution in [0.25, 0.3) is 0 Å². The number of amides is 1. The van der Waals surface area contributed by atoms with Gasteiger partial charge in [0.25, 0.3) is 5.91 Å². The second kappa shape index (κ2) is 7.28. The Kier molecular flexibility index (Phi) is 6.01. The summed E-state index contributed by atoms with van der Waals surface area (Å²) in [5, 5.41) is 18.9. The SMILES string of the molecule is O=C(c1sccc1C#CCO)N(CCO)CC(F)(F)F. The molecule has 0 saturated carbocycles. The first-order valence-electron chi connectivity index (χ1n) is 5.53. The lowest BCUT2D eigenvalue weighted by Gasteiger charge is -2.22. The van der Waals surface area contributed by atoms with Crippen LogP contribution in [0.15, 0.2) is 11.4 Å². The van der Waals surface area contributed by atoms with E-state index < -0.39 is 38.4 Å². The molecule has 1 rings (SSSR count). The van der Waals surface area contributed by atoms with Crippen LogP contribution in [0, 0.1) is 11.8 Å². The van der Waals surface area contributed by atoms with Gasteiger partial charge in [-0.1, -0.05) is 11.8 Å². The highest BCUT2D eigenvalue weighted by Crippen LogP contribution is 2.22. The van der Waals surface area contributed by atoms with Gasteiger partial charge in [0, 0.05) is 12.1 Å². The minimum Gasteiger partial charge on any atom is -0.395 e. The number of hydrogen-bond donors (Lipinski definition) is 2. The molecule has 1 aromatic rings. The van der Waals surface area contributed by atoms with E-state index in [1.54, 1.807) is 0 Å². The average Bonchev–Trinajstić information content (AvgIpc) is 2.81. The van der Waals surface area contributed by atoms with Crippen LogP contribution < -0.4 is 0 Å². The van der Waals surface area contributed by atoms with Crippen molar-refractivity contribution in [3.63, 3.8) is 0 Å². The number of alkyl halides is 3. The van der Waals surface area contributed by atoms with E-state index in [1.165, 1.54) is 11.4 Å². The third-order valence-corrected chi connectivity index (χ3v) is 3.09. The Morgan fingerprint density at radius 3 is 2.65 bits per heavy atom. The lowest BCUT2D eigenvalue weighted by Crippen LogP contribution is -2.40. The van der Waals surface area contributed by atoms with Gasteiger partial charge >= 0.3 is 6.18 Å². The van der Waals surface area contributed by atoms with Gasteiger partial charge < -0.3 is 15.1 Å². The molecular weight excluding hydrogens is 295 g/mol. The monoisotopic (exact) mass is 307 g/mol. The predicted octanol–water partition coefficient (Wildman–Crippen LogP) is 1.09. The van der Waals surface area contributed by atoms with Gasteiger partial charge in [0.15, 0.2) is 0 Å². The molecule has 0 bridgehead atoms. The molecule has 2 N–H and O–H groups in total. The smallest absolute Gasteiger partial charge is 0.395 e. The van der Waals surface area contributed by atoms with Crippen LogP contribution in [0.5, 0.6) is 0 Å². The second-order valence-electron chi connectivity index (χ2n) is 3.69. The van der Waals surface area contributed by atoms with Crippen molar-refractivity contribution in [3.8, 4) is 11.8 Å². The summed E-state index contributed by atoms with van der Waals surface area (Å²) in [6, 6.07) is 1.49. The molecule has 0 fully saturated rings.